The lowest BCUT2D eigenvalue weighted by atomic mass is 10.1. The Morgan fingerprint density at radius 1 is 1.15 bits per heavy atom. The quantitative estimate of drug-likeness (QED) is 0.827. The van der Waals surface area contributed by atoms with E-state index in [1.807, 2.05) is 30.3 Å². The number of hydrogen-bond acceptors (Lipinski definition) is 2. The minimum Gasteiger partial charge on any atom is -0.480 e. The zero-order chi connectivity index (χ0) is 9.26. The van der Waals surface area contributed by atoms with Crippen LogP contribution in [0.3, 0.4) is 0 Å². The molecular formula is C10H7BrO2. The van der Waals surface area contributed by atoms with E-state index in [0.717, 1.165) is 5.56 Å². The van der Waals surface area contributed by atoms with Gasteiger partial charge in [-0.3, -0.25) is 0 Å². The molecule has 0 saturated heterocycles. The zero-order valence-corrected chi connectivity index (χ0v) is 8.28. The average molecular weight is 239 g/mol. The van der Waals surface area contributed by atoms with Gasteiger partial charge in [0.05, 0.1) is 5.56 Å². The molecular weight excluding hydrogens is 232 g/mol. The van der Waals surface area contributed by atoms with Gasteiger partial charge in [-0.05, 0) is 21.5 Å². The maximum Gasteiger partial charge on any atom is 0.291 e. The summed E-state index contributed by atoms with van der Waals surface area (Å²) in [6.45, 7) is 0. The minimum atomic E-state index is -0.0573. The van der Waals surface area contributed by atoms with E-state index in [1.54, 1.807) is 6.07 Å². The highest BCUT2D eigenvalue weighted by atomic mass is 79.9. The summed E-state index contributed by atoms with van der Waals surface area (Å²) in [7, 11) is 0. The van der Waals surface area contributed by atoms with Gasteiger partial charge in [0.2, 0.25) is 0 Å². The fourth-order valence-corrected chi connectivity index (χ4v) is 1.56. The van der Waals surface area contributed by atoms with Crippen LogP contribution >= 0.6 is 15.9 Å². The van der Waals surface area contributed by atoms with Gasteiger partial charge in [0.25, 0.3) is 5.95 Å². The standard InChI is InChI=1S/C10H7BrO2/c11-9-6-8(10(12)13-9)7-4-2-1-3-5-7/h1-6,12H. The van der Waals surface area contributed by atoms with Crippen molar-refractivity contribution in [3.05, 3.63) is 41.1 Å². The van der Waals surface area contributed by atoms with Crippen LogP contribution in [0.5, 0.6) is 5.95 Å². The van der Waals surface area contributed by atoms with Crippen molar-refractivity contribution in [2.75, 3.05) is 0 Å². The molecule has 2 nitrogen and oxygen atoms in total. The molecule has 0 radical (unpaired) electrons. The molecule has 0 saturated carbocycles. The Kier molecular flexibility index (Phi) is 2.10. The monoisotopic (exact) mass is 238 g/mol. The van der Waals surface area contributed by atoms with Crippen LogP contribution in [-0.2, 0) is 0 Å². The Morgan fingerprint density at radius 3 is 2.38 bits per heavy atom. The molecule has 0 aliphatic rings. The third-order valence-corrected chi connectivity index (χ3v) is 2.16. The Bertz CT molecular complexity index is 406. The lowest BCUT2D eigenvalue weighted by Gasteiger charge is -1.95. The Morgan fingerprint density at radius 2 is 1.85 bits per heavy atom. The molecule has 0 unspecified atom stereocenters. The van der Waals surface area contributed by atoms with Crippen molar-refractivity contribution in [1.29, 1.82) is 0 Å². The third kappa shape index (κ3) is 1.60. The van der Waals surface area contributed by atoms with E-state index in [1.165, 1.54) is 0 Å². The zero-order valence-electron chi connectivity index (χ0n) is 6.70. The lowest BCUT2D eigenvalue weighted by molar-refractivity contribution is 0.326. The Hall–Kier alpha value is -1.22. The molecule has 13 heavy (non-hydrogen) atoms. The fraction of sp³-hybridized carbons (Fsp3) is 0. The predicted octanol–water partition coefficient (Wildman–Crippen LogP) is 3.41. The first-order valence-electron chi connectivity index (χ1n) is 3.81. The molecule has 1 aromatic heterocycles. The highest BCUT2D eigenvalue weighted by molar-refractivity contribution is 9.10. The van der Waals surface area contributed by atoms with Gasteiger partial charge in [-0.1, -0.05) is 30.3 Å². The summed E-state index contributed by atoms with van der Waals surface area (Å²) in [6, 6.07) is 11.3. The van der Waals surface area contributed by atoms with Crippen LogP contribution in [0.25, 0.3) is 11.1 Å². The molecule has 3 heteroatoms. The van der Waals surface area contributed by atoms with E-state index >= 15 is 0 Å². The second-order valence-corrected chi connectivity index (χ2v) is 3.42. The molecule has 0 amide bonds. The third-order valence-electron chi connectivity index (χ3n) is 1.77. The molecule has 1 heterocycles. The van der Waals surface area contributed by atoms with Crippen LogP contribution in [0, 0.1) is 0 Å². The van der Waals surface area contributed by atoms with Crippen molar-refractivity contribution < 1.29 is 9.52 Å². The van der Waals surface area contributed by atoms with Crippen molar-refractivity contribution in [3.8, 4) is 17.1 Å². The van der Waals surface area contributed by atoms with Gasteiger partial charge in [0.1, 0.15) is 0 Å². The van der Waals surface area contributed by atoms with Crippen LogP contribution < -0.4 is 0 Å². The van der Waals surface area contributed by atoms with E-state index in [0.29, 0.717) is 10.2 Å². The summed E-state index contributed by atoms with van der Waals surface area (Å²) in [5, 5.41) is 9.39. The largest absolute Gasteiger partial charge is 0.480 e. The number of aromatic hydroxyl groups is 1. The predicted molar refractivity (Wildman–Crippen MR) is 53.5 cm³/mol. The summed E-state index contributed by atoms with van der Waals surface area (Å²) >= 11 is 3.15. The normalized spacial score (nSPS) is 10.2. The first-order valence-corrected chi connectivity index (χ1v) is 4.60. The van der Waals surface area contributed by atoms with Crippen molar-refractivity contribution in [2.24, 2.45) is 0 Å². The first kappa shape index (κ1) is 8.38. The summed E-state index contributed by atoms with van der Waals surface area (Å²) in [5.74, 6) is -0.0573. The second kappa shape index (κ2) is 3.26. The molecule has 0 atom stereocenters. The number of benzene rings is 1. The highest BCUT2D eigenvalue weighted by Crippen LogP contribution is 2.34. The van der Waals surface area contributed by atoms with Crippen LogP contribution in [0.15, 0.2) is 45.5 Å². The van der Waals surface area contributed by atoms with Gasteiger partial charge in [-0.2, -0.15) is 0 Å². The molecule has 2 rings (SSSR count). The van der Waals surface area contributed by atoms with E-state index in [4.69, 9.17) is 4.42 Å². The van der Waals surface area contributed by atoms with Crippen molar-refractivity contribution in [1.82, 2.24) is 0 Å². The topological polar surface area (TPSA) is 33.4 Å². The van der Waals surface area contributed by atoms with E-state index in [2.05, 4.69) is 15.9 Å². The van der Waals surface area contributed by atoms with Crippen molar-refractivity contribution in [2.45, 2.75) is 0 Å². The van der Waals surface area contributed by atoms with Crippen molar-refractivity contribution >= 4 is 15.9 Å². The lowest BCUT2D eigenvalue weighted by Crippen LogP contribution is -1.71. The van der Waals surface area contributed by atoms with Gasteiger partial charge < -0.3 is 9.52 Å². The molecule has 0 fully saturated rings. The molecule has 66 valence electrons. The van der Waals surface area contributed by atoms with Gasteiger partial charge in [-0.25, -0.2) is 0 Å². The van der Waals surface area contributed by atoms with Crippen LogP contribution in [0.2, 0.25) is 0 Å². The number of furan rings is 1. The second-order valence-electron chi connectivity index (χ2n) is 2.64. The van der Waals surface area contributed by atoms with Crippen LogP contribution in [-0.4, -0.2) is 5.11 Å². The molecule has 1 N–H and O–H groups in total. The summed E-state index contributed by atoms with van der Waals surface area (Å²) in [4.78, 5) is 0. The first-order chi connectivity index (χ1) is 6.27. The summed E-state index contributed by atoms with van der Waals surface area (Å²) in [6.07, 6.45) is 0. The van der Waals surface area contributed by atoms with Gasteiger partial charge >= 0.3 is 0 Å². The average Bonchev–Trinajstić information content (AvgIpc) is 2.47. The molecule has 0 bridgehead atoms. The maximum atomic E-state index is 9.39. The van der Waals surface area contributed by atoms with Crippen LogP contribution in [0.1, 0.15) is 0 Å². The van der Waals surface area contributed by atoms with Gasteiger partial charge in [0, 0.05) is 6.07 Å². The molecule has 0 spiro atoms. The number of halogens is 1. The van der Waals surface area contributed by atoms with E-state index in [-0.39, 0.29) is 5.95 Å². The fourth-order valence-electron chi connectivity index (χ4n) is 1.18. The maximum absolute atomic E-state index is 9.39. The van der Waals surface area contributed by atoms with E-state index < -0.39 is 0 Å². The van der Waals surface area contributed by atoms with Crippen molar-refractivity contribution in [3.63, 3.8) is 0 Å². The Balaban J connectivity index is 2.53. The molecule has 0 aliphatic carbocycles. The van der Waals surface area contributed by atoms with E-state index in [9.17, 15) is 5.11 Å². The van der Waals surface area contributed by atoms with Crippen LogP contribution in [0.4, 0.5) is 0 Å². The highest BCUT2D eigenvalue weighted by Gasteiger charge is 2.09. The molecule has 1 aromatic carbocycles. The molecule has 2 aromatic rings. The number of rotatable bonds is 1. The minimum absolute atomic E-state index is 0.0573. The summed E-state index contributed by atoms with van der Waals surface area (Å²) in [5.41, 5.74) is 1.64. The van der Waals surface area contributed by atoms with Gasteiger partial charge in [0.15, 0.2) is 4.67 Å². The SMILES string of the molecule is Oc1oc(Br)cc1-c1ccccc1. The van der Waals surface area contributed by atoms with Gasteiger partial charge in [-0.15, -0.1) is 0 Å². The Labute approximate surface area is 83.9 Å². The number of hydrogen-bond donors (Lipinski definition) is 1. The summed E-state index contributed by atoms with van der Waals surface area (Å²) < 4.78 is 5.47. The smallest absolute Gasteiger partial charge is 0.291 e. The molecule has 0 aliphatic heterocycles.